The minimum atomic E-state index is -0.313. The van der Waals surface area contributed by atoms with Crippen molar-refractivity contribution in [3.8, 4) is 17.2 Å². The van der Waals surface area contributed by atoms with Crippen molar-refractivity contribution in [1.82, 2.24) is 4.90 Å². The number of aromatic hydroxyl groups is 1. The summed E-state index contributed by atoms with van der Waals surface area (Å²) >= 11 is 6.00. The van der Waals surface area contributed by atoms with Crippen LogP contribution in [0.3, 0.4) is 0 Å². The fraction of sp³-hybridized carbons (Fsp3) is 0.235. The van der Waals surface area contributed by atoms with Gasteiger partial charge in [-0.15, -0.1) is 0 Å². The molecule has 2 aromatic rings. The van der Waals surface area contributed by atoms with Crippen LogP contribution < -0.4 is 9.47 Å². The summed E-state index contributed by atoms with van der Waals surface area (Å²) in [6.45, 7) is 0.300. The van der Waals surface area contributed by atoms with E-state index >= 15 is 0 Å². The van der Waals surface area contributed by atoms with Crippen LogP contribution >= 0.6 is 11.6 Å². The Morgan fingerprint density at radius 1 is 1.17 bits per heavy atom. The summed E-state index contributed by atoms with van der Waals surface area (Å²) in [5, 5.41) is 10.5. The third-order valence-electron chi connectivity index (χ3n) is 3.43. The number of carbonyl (C=O) groups excluding carboxylic acids is 1. The number of rotatable bonds is 5. The maximum atomic E-state index is 12.5. The molecule has 0 fully saturated rings. The summed E-state index contributed by atoms with van der Waals surface area (Å²) in [4.78, 5) is 14.0. The van der Waals surface area contributed by atoms with E-state index in [0.29, 0.717) is 23.1 Å². The Morgan fingerprint density at radius 2 is 1.91 bits per heavy atom. The van der Waals surface area contributed by atoms with E-state index in [-0.39, 0.29) is 17.2 Å². The van der Waals surface area contributed by atoms with Crippen LogP contribution in [0.2, 0.25) is 5.02 Å². The number of halogens is 1. The van der Waals surface area contributed by atoms with Crippen molar-refractivity contribution in [3.63, 3.8) is 0 Å². The third kappa shape index (κ3) is 3.87. The summed E-state index contributed by atoms with van der Waals surface area (Å²) in [7, 11) is 4.70. The monoisotopic (exact) mass is 335 g/mol. The van der Waals surface area contributed by atoms with E-state index < -0.39 is 0 Å². The normalized spacial score (nSPS) is 10.3. The SMILES string of the molecule is COc1ccc(C(=O)N(C)Cc2cc(Cl)ccc2OC)c(O)c1. The molecule has 122 valence electrons. The van der Waals surface area contributed by atoms with Gasteiger partial charge >= 0.3 is 0 Å². The first kappa shape index (κ1) is 17.0. The Balaban J connectivity index is 2.22. The van der Waals surface area contributed by atoms with Gasteiger partial charge in [0.05, 0.1) is 19.8 Å². The van der Waals surface area contributed by atoms with Crippen molar-refractivity contribution in [3.05, 3.63) is 52.5 Å². The minimum absolute atomic E-state index is 0.126. The lowest BCUT2D eigenvalue weighted by atomic mass is 10.1. The van der Waals surface area contributed by atoms with Gasteiger partial charge in [0, 0.05) is 30.2 Å². The highest BCUT2D eigenvalue weighted by Crippen LogP contribution is 2.27. The minimum Gasteiger partial charge on any atom is -0.507 e. The van der Waals surface area contributed by atoms with Gasteiger partial charge in [0.15, 0.2) is 0 Å². The van der Waals surface area contributed by atoms with Gasteiger partial charge in [0.2, 0.25) is 0 Å². The topological polar surface area (TPSA) is 59.0 Å². The van der Waals surface area contributed by atoms with Gasteiger partial charge in [-0.25, -0.2) is 0 Å². The summed E-state index contributed by atoms with van der Waals surface area (Å²) in [6.07, 6.45) is 0. The molecule has 0 aliphatic heterocycles. The van der Waals surface area contributed by atoms with Crippen LogP contribution in [-0.4, -0.2) is 37.2 Å². The summed E-state index contributed by atoms with van der Waals surface area (Å²) in [6, 6.07) is 9.78. The van der Waals surface area contributed by atoms with Gasteiger partial charge in [-0.2, -0.15) is 0 Å². The molecule has 0 saturated carbocycles. The predicted octanol–water partition coefficient (Wildman–Crippen LogP) is 3.34. The Morgan fingerprint density at radius 3 is 2.52 bits per heavy atom. The first-order chi connectivity index (χ1) is 11.0. The quantitative estimate of drug-likeness (QED) is 0.910. The van der Waals surface area contributed by atoms with E-state index in [0.717, 1.165) is 5.56 Å². The number of benzene rings is 2. The maximum Gasteiger partial charge on any atom is 0.257 e. The standard InChI is InChI=1S/C17H18ClNO4/c1-19(10-11-8-12(18)4-7-16(11)23-3)17(21)14-6-5-13(22-2)9-15(14)20/h4-9,20H,10H2,1-3H3. The zero-order valence-electron chi connectivity index (χ0n) is 13.2. The van der Waals surface area contributed by atoms with E-state index in [9.17, 15) is 9.90 Å². The van der Waals surface area contributed by atoms with Crippen LogP contribution in [0.15, 0.2) is 36.4 Å². The van der Waals surface area contributed by atoms with Gasteiger partial charge in [0.1, 0.15) is 17.2 Å². The first-order valence-electron chi connectivity index (χ1n) is 6.91. The molecule has 0 atom stereocenters. The summed E-state index contributed by atoms with van der Waals surface area (Å²) < 4.78 is 10.3. The first-order valence-corrected chi connectivity index (χ1v) is 7.29. The molecule has 2 rings (SSSR count). The van der Waals surface area contributed by atoms with Crippen LogP contribution in [0, 0.1) is 0 Å². The molecule has 0 aromatic heterocycles. The number of methoxy groups -OCH3 is 2. The number of nitrogens with zero attached hydrogens (tertiary/aromatic N) is 1. The van der Waals surface area contributed by atoms with E-state index in [1.807, 2.05) is 0 Å². The Hall–Kier alpha value is -2.40. The molecule has 5 nitrogen and oxygen atoms in total. The maximum absolute atomic E-state index is 12.5. The number of carbonyl (C=O) groups is 1. The van der Waals surface area contributed by atoms with Crippen molar-refractivity contribution >= 4 is 17.5 Å². The van der Waals surface area contributed by atoms with Crippen molar-refractivity contribution < 1.29 is 19.4 Å². The fourth-order valence-corrected chi connectivity index (χ4v) is 2.42. The second-order valence-electron chi connectivity index (χ2n) is 5.00. The fourth-order valence-electron chi connectivity index (χ4n) is 2.22. The van der Waals surface area contributed by atoms with Crippen LogP contribution in [-0.2, 0) is 6.54 Å². The van der Waals surface area contributed by atoms with Crippen molar-refractivity contribution in [2.24, 2.45) is 0 Å². The molecule has 0 aliphatic carbocycles. The van der Waals surface area contributed by atoms with Crippen LogP contribution in [0.4, 0.5) is 0 Å². The highest BCUT2D eigenvalue weighted by molar-refractivity contribution is 6.30. The molecule has 0 unspecified atom stereocenters. The molecule has 6 heteroatoms. The highest BCUT2D eigenvalue weighted by atomic mass is 35.5. The van der Waals surface area contributed by atoms with Gasteiger partial charge in [-0.1, -0.05) is 11.6 Å². The van der Waals surface area contributed by atoms with Crippen molar-refractivity contribution in [1.29, 1.82) is 0 Å². The summed E-state index contributed by atoms with van der Waals surface area (Å²) in [5.41, 5.74) is 0.984. The molecule has 0 radical (unpaired) electrons. The van der Waals surface area contributed by atoms with Crippen LogP contribution in [0.5, 0.6) is 17.2 Å². The number of hydrogen-bond acceptors (Lipinski definition) is 4. The lowest BCUT2D eigenvalue weighted by molar-refractivity contribution is 0.0781. The van der Waals surface area contributed by atoms with E-state index in [2.05, 4.69) is 0 Å². The largest absolute Gasteiger partial charge is 0.507 e. The molecular formula is C17H18ClNO4. The van der Waals surface area contributed by atoms with Gasteiger partial charge in [-0.05, 0) is 30.3 Å². The Kier molecular flexibility index (Phi) is 5.34. The van der Waals surface area contributed by atoms with Crippen molar-refractivity contribution in [2.45, 2.75) is 6.54 Å². The molecule has 0 saturated heterocycles. The molecule has 0 bridgehead atoms. The zero-order valence-corrected chi connectivity index (χ0v) is 13.9. The number of phenolic OH excluding ortho intramolecular Hbond substituents is 1. The Labute approximate surface area is 140 Å². The third-order valence-corrected chi connectivity index (χ3v) is 3.67. The number of phenols is 1. The van der Waals surface area contributed by atoms with Crippen LogP contribution in [0.1, 0.15) is 15.9 Å². The van der Waals surface area contributed by atoms with Gasteiger partial charge < -0.3 is 19.5 Å². The molecule has 1 N–H and O–H groups in total. The van der Waals surface area contributed by atoms with Crippen LogP contribution in [0.25, 0.3) is 0 Å². The molecule has 23 heavy (non-hydrogen) atoms. The number of amides is 1. The second-order valence-corrected chi connectivity index (χ2v) is 5.44. The van der Waals surface area contributed by atoms with Gasteiger partial charge in [0.25, 0.3) is 5.91 Å². The number of hydrogen-bond donors (Lipinski definition) is 1. The molecule has 1 amide bonds. The van der Waals surface area contributed by atoms with Crippen molar-refractivity contribution in [2.75, 3.05) is 21.3 Å². The smallest absolute Gasteiger partial charge is 0.257 e. The lowest BCUT2D eigenvalue weighted by Crippen LogP contribution is -2.26. The number of ether oxygens (including phenoxy) is 2. The van der Waals surface area contributed by atoms with E-state index in [1.165, 1.54) is 24.1 Å². The molecular weight excluding hydrogens is 318 g/mol. The molecule has 0 aliphatic rings. The highest BCUT2D eigenvalue weighted by Gasteiger charge is 2.18. The average Bonchev–Trinajstić information content (AvgIpc) is 2.54. The second kappa shape index (κ2) is 7.24. The zero-order chi connectivity index (χ0) is 17.0. The van der Waals surface area contributed by atoms with E-state index in [4.69, 9.17) is 21.1 Å². The van der Waals surface area contributed by atoms with Gasteiger partial charge in [-0.3, -0.25) is 4.79 Å². The molecule has 0 spiro atoms. The predicted molar refractivity (Wildman–Crippen MR) is 88.5 cm³/mol. The molecule has 2 aromatic carbocycles. The average molecular weight is 336 g/mol. The van der Waals surface area contributed by atoms with E-state index in [1.54, 1.807) is 38.4 Å². The summed E-state index contributed by atoms with van der Waals surface area (Å²) in [5.74, 6) is 0.692. The molecule has 0 heterocycles. The Bertz CT molecular complexity index is 718. The lowest BCUT2D eigenvalue weighted by Gasteiger charge is -2.20.